The Labute approximate surface area is 269 Å². The van der Waals surface area contributed by atoms with Crippen LogP contribution >= 0.6 is 18.9 Å². The fourth-order valence-corrected chi connectivity index (χ4v) is 8.29. The van der Waals surface area contributed by atoms with Gasteiger partial charge in [0.2, 0.25) is 17.7 Å². The van der Waals surface area contributed by atoms with Crippen LogP contribution in [0.2, 0.25) is 0 Å². The minimum Gasteiger partial charge on any atom is -0.348 e. The second-order valence-corrected chi connectivity index (χ2v) is 15.5. The van der Waals surface area contributed by atoms with Crippen LogP contribution in [0.15, 0.2) is 24.3 Å². The summed E-state index contributed by atoms with van der Waals surface area (Å²) in [5, 5.41) is 5.75. The Bertz CT molecular complexity index is 1660. The highest BCUT2D eigenvalue weighted by Crippen LogP contribution is 2.59. The van der Waals surface area contributed by atoms with Crippen molar-refractivity contribution < 1.29 is 55.5 Å². The van der Waals surface area contributed by atoms with E-state index in [0.717, 1.165) is 36.3 Å². The summed E-state index contributed by atoms with van der Waals surface area (Å²) in [6, 6.07) is 1.89. The zero-order valence-electron chi connectivity index (χ0n) is 24.7. The molecule has 0 radical (unpaired) electrons. The van der Waals surface area contributed by atoms with Gasteiger partial charge in [-0.2, -0.15) is 22.0 Å². The van der Waals surface area contributed by atoms with Gasteiger partial charge in [0.1, 0.15) is 12.1 Å². The number of hydrogen-bond acceptors (Lipinski definition) is 6. The summed E-state index contributed by atoms with van der Waals surface area (Å²) in [6.45, 7) is 0.144. The number of likely N-dealkylation sites (tertiary alicyclic amines) is 1. The van der Waals surface area contributed by atoms with Crippen molar-refractivity contribution >= 4 is 52.6 Å². The molecule has 256 valence electrons. The Morgan fingerprint density at radius 2 is 1.68 bits per heavy atom. The Morgan fingerprint density at radius 1 is 0.979 bits per heavy atom. The number of nitrogens with one attached hydrogen (secondary N) is 2. The Balaban J connectivity index is 1.12. The van der Waals surface area contributed by atoms with Gasteiger partial charge in [0.05, 0.1) is 17.3 Å². The number of thiophene rings is 1. The van der Waals surface area contributed by atoms with Crippen LogP contribution in [0.25, 0.3) is 10.1 Å². The maximum Gasteiger partial charge on any atom is 0.399 e. The molecule has 4 fully saturated rings. The highest BCUT2D eigenvalue weighted by molar-refractivity contribution is 7.52. The normalized spacial score (nSPS) is 26.6. The summed E-state index contributed by atoms with van der Waals surface area (Å²) in [5.74, 6) is -1.59. The molecule has 4 amide bonds. The lowest BCUT2D eigenvalue weighted by atomic mass is 9.99. The molecular formula is C29H32F5N4O7PS. The van der Waals surface area contributed by atoms with Gasteiger partial charge in [0, 0.05) is 35.8 Å². The number of nitrogens with zero attached hydrogens (tertiary/aromatic N) is 2. The molecule has 1 aromatic heterocycles. The maximum absolute atomic E-state index is 14.3. The summed E-state index contributed by atoms with van der Waals surface area (Å²) >= 11 is 0.966. The van der Waals surface area contributed by atoms with Crippen molar-refractivity contribution in [2.75, 3.05) is 13.1 Å². The van der Waals surface area contributed by atoms with Crippen LogP contribution < -0.4 is 10.6 Å². The zero-order valence-corrected chi connectivity index (χ0v) is 26.4. The van der Waals surface area contributed by atoms with Crippen LogP contribution in [0.4, 0.5) is 22.0 Å². The van der Waals surface area contributed by atoms with E-state index in [1.54, 1.807) is 0 Å². The van der Waals surface area contributed by atoms with Crippen molar-refractivity contribution in [2.24, 2.45) is 11.8 Å². The topological polar surface area (TPSA) is 156 Å². The molecular weight excluding hydrogens is 674 g/mol. The molecule has 0 bridgehead atoms. The summed E-state index contributed by atoms with van der Waals surface area (Å²) < 4.78 is 77.6. The number of fused-ring (bicyclic) bond motifs is 3. The molecule has 47 heavy (non-hydrogen) atoms. The van der Waals surface area contributed by atoms with Crippen molar-refractivity contribution in [3.63, 3.8) is 0 Å². The fourth-order valence-electron chi connectivity index (χ4n) is 6.86. The molecule has 2 aromatic rings. The van der Waals surface area contributed by atoms with Gasteiger partial charge in [-0.25, -0.2) is 0 Å². The van der Waals surface area contributed by atoms with Gasteiger partial charge in [0.15, 0.2) is 0 Å². The molecule has 1 aliphatic carbocycles. The molecule has 11 nitrogen and oxygen atoms in total. The van der Waals surface area contributed by atoms with Crippen LogP contribution in [0.3, 0.4) is 0 Å². The van der Waals surface area contributed by atoms with Gasteiger partial charge in [0.25, 0.3) is 5.91 Å². The predicted octanol–water partition coefficient (Wildman–Crippen LogP) is 3.69. The number of carbonyl (C=O) groups excluding carboxylic acids is 4. The van der Waals surface area contributed by atoms with Crippen LogP contribution in [-0.4, -0.2) is 86.6 Å². The molecule has 4 N–H and O–H groups in total. The monoisotopic (exact) mass is 706 g/mol. The zero-order chi connectivity index (χ0) is 34.1. The molecule has 4 heterocycles. The van der Waals surface area contributed by atoms with Crippen molar-refractivity contribution in [3.8, 4) is 0 Å². The summed E-state index contributed by atoms with van der Waals surface area (Å²) in [6.07, 6.45) is -3.40. The number of benzene rings is 1. The number of rotatable bonds is 8. The lowest BCUT2D eigenvalue weighted by Gasteiger charge is -2.41. The molecule has 3 saturated heterocycles. The highest BCUT2D eigenvalue weighted by Gasteiger charge is 2.52. The molecule has 0 unspecified atom stereocenters. The van der Waals surface area contributed by atoms with Crippen LogP contribution in [-0.2, 0) is 24.6 Å². The number of halogens is 5. The number of amides is 4. The standard InChI is InChI=1S/C29H32F5N4O7PS/c30-28(31,32)6-5-24(39)37-12-18(13-37)35-25(40)21-3-2-19-9-14-7-15(14)10-20(27(42)38(19)21)36-26(41)23-11-16-8-17(1-4-22(16)47-23)29(33,34)46(43,44)45/h1,4,8,11,14-15,18-21H,2-3,5-7,9-10,12-13H2,(H,35,40)(H,36,41)(H2,43,44,45)/t14-,15+,19+,20-,21-/m0/s1. The Morgan fingerprint density at radius 3 is 2.36 bits per heavy atom. The van der Waals surface area contributed by atoms with E-state index in [9.17, 15) is 45.7 Å². The molecule has 4 aliphatic rings. The fraction of sp³-hybridized carbons (Fsp3) is 0.586. The third kappa shape index (κ3) is 6.90. The number of carbonyl (C=O) groups is 4. The van der Waals surface area contributed by atoms with E-state index in [1.165, 1.54) is 21.9 Å². The quantitative estimate of drug-likeness (QED) is 0.241. The van der Waals surface area contributed by atoms with E-state index < -0.39 is 79.6 Å². The summed E-state index contributed by atoms with van der Waals surface area (Å²) in [7, 11) is -5.79. The predicted molar refractivity (Wildman–Crippen MR) is 157 cm³/mol. The van der Waals surface area contributed by atoms with E-state index in [4.69, 9.17) is 9.79 Å². The van der Waals surface area contributed by atoms with Crippen LogP contribution in [0, 0.1) is 11.8 Å². The van der Waals surface area contributed by atoms with E-state index in [0.29, 0.717) is 29.9 Å². The maximum atomic E-state index is 14.3. The smallest absolute Gasteiger partial charge is 0.348 e. The largest absolute Gasteiger partial charge is 0.399 e. The van der Waals surface area contributed by atoms with E-state index in [1.807, 2.05) is 0 Å². The van der Waals surface area contributed by atoms with E-state index >= 15 is 0 Å². The van der Waals surface area contributed by atoms with Crippen molar-refractivity contribution in [1.29, 1.82) is 0 Å². The van der Waals surface area contributed by atoms with Crippen LogP contribution in [0.1, 0.15) is 60.2 Å². The van der Waals surface area contributed by atoms with Gasteiger partial charge in [-0.15, -0.1) is 11.3 Å². The van der Waals surface area contributed by atoms with Gasteiger partial charge in [-0.05, 0) is 67.5 Å². The number of alkyl halides is 5. The molecule has 5 atom stereocenters. The molecule has 0 spiro atoms. The van der Waals surface area contributed by atoms with E-state index in [-0.39, 0.29) is 35.3 Å². The SMILES string of the molecule is O=C(N[C@H]1C[C@H]2C[C@H]2C[C@H]2CC[C@@H](C(=O)NC3CN(C(=O)CCC(F)(F)F)C3)N2C1=O)c1cc2cc(C(F)(F)P(=O)(O)O)ccc2s1. The third-order valence-electron chi connectivity index (χ3n) is 9.50. The van der Waals surface area contributed by atoms with Gasteiger partial charge in [-0.3, -0.25) is 23.7 Å². The number of hydrogen-bond donors (Lipinski definition) is 4. The second kappa shape index (κ2) is 12.1. The molecule has 3 aliphatic heterocycles. The lowest BCUT2D eigenvalue weighted by molar-refractivity contribution is -0.152. The van der Waals surface area contributed by atoms with Crippen molar-refractivity contribution in [2.45, 2.75) is 81.0 Å². The minimum atomic E-state index is -5.79. The first-order valence-electron chi connectivity index (χ1n) is 15.2. The van der Waals surface area contributed by atoms with E-state index in [2.05, 4.69) is 10.6 Å². The second-order valence-electron chi connectivity index (χ2n) is 12.8. The van der Waals surface area contributed by atoms with Crippen LogP contribution in [0.5, 0.6) is 0 Å². The van der Waals surface area contributed by atoms with Gasteiger partial charge >= 0.3 is 19.4 Å². The van der Waals surface area contributed by atoms with Crippen molar-refractivity contribution in [3.05, 3.63) is 34.7 Å². The minimum absolute atomic E-state index is 0.0720. The average molecular weight is 707 g/mol. The highest BCUT2D eigenvalue weighted by atomic mass is 32.1. The van der Waals surface area contributed by atoms with Gasteiger partial charge < -0.3 is 30.2 Å². The first kappa shape index (κ1) is 33.7. The molecule has 18 heteroatoms. The Hall–Kier alpha value is -3.14. The summed E-state index contributed by atoms with van der Waals surface area (Å²) in [5.41, 5.74) is -5.32. The first-order chi connectivity index (χ1) is 21.9. The Kier molecular flexibility index (Phi) is 8.67. The molecule has 6 rings (SSSR count). The summed E-state index contributed by atoms with van der Waals surface area (Å²) in [4.78, 5) is 73.7. The molecule has 1 saturated carbocycles. The average Bonchev–Trinajstić information content (AvgIpc) is 3.33. The third-order valence-corrected chi connectivity index (χ3v) is 11.6. The van der Waals surface area contributed by atoms with Crippen molar-refractivity contribution in [1.82, 2.24) is 20.4 Å². The van der Waals surface area contributed by atoms with Gasteiger partial charge in [-0.1, -0.05) is 6.07 Å². The molecule has 1 aromatic carbocycles. The lowest BCUT2D eigenvalue weighted by Crippen LogP contribution is -2.64. The first-order valence-corrected chi connectivity index (χ1v) is 17.6.